The van der Waals surface area contributed by atoms with E-state index in [1.807, 2.05) is 0 Å². The maximum atomic E-state index is 13.9. The first-order valence-corrected chi connectivity index (χ1v) is 11.1. The summed E-state index contributed by atoms with van der Waals surface area (Å²) >= 11 is 6.16. The number of hydrogen-bond acceptors (Lipinski definition) is 6. The fourth-order valence-corrected chi connectivity index (χ4v) is 4.01. The van der Waals surface area contributed by atoms with E-state index in [0.717, 1.165) is 0 Å². The number of fused-ring (bicyclic) bond motifs is 1. The van der Waals surface area contributed by atoms with E-state index in [0.29, 0.717) is 50.0 Å². The van der Waals surface area contributed by atoms with Crippen LogP contribution in [0.4, 0.5) is 10.1 Å². The van der Waals surface area contributed by atoms with Crippen molar-refractivity contribution in [3.63, 3.8) is 0 Å². The van der Waals surface area contributed by atoms with E-state index in [-0.39, 0.29) is 19.0 Å². The number of anilines is 1. The van der Waals surface area contributed by atoms with E-state index in [1.54, 1.807) is 48.7 Å². The summed E-state index contributed by atoms with van der Waals surface area (Å²) in [5, 5.41) is 13.4. The Morgan fingerprint density at radius 2 is 1.89 bits per heavy atom. The van der Waals surface area contributed by atoms with Crippen molar-refractivity contribution < 1.29 is 28.5 Å². The van der Waals surface area contributed by atoms with Gasteiger partial charge in [-0.1, -0.05) is 17.7 Å². The van der Waals surface area contributed by atoms with Gasteiger partial charge in [0.1, 0.15) is 35.7 Å². The number of benzene rings is 3. The number of H-pyrrole nitrogens is 1. The smallest absolute Gasteiger partial charge is 0.191 e. The number of aromatic nitrogens is 1. The minimum absolute atomic E-state index is 0.103. The second kappa shape index (κ2) is 10.7. The van der Waals surface area contributed by atoms with Gasteiger partial charge in [-0.05, 0) is 30.3 Å². The van der Waals surface area contributed by atoms with Crippen LogP contribution >= 0.6 is 11.6 Å². The molecule has 0 radical (unpaired) electrons. The standard InChI is InChI=1S/C26H24ClFN2O5/c1-33-18-11-17(12-19(13-18)35-8-7-31)30-25(21-5-3-15(27)9-24(21)34-2)26(32)22-14-29-23-10-16(28)4-6-20(22)23/h3-6,9-14,25,29-31H,7-8H2,1-2H3. The van der Waals surface area contributed by atoms with Crippen molar-refractivity contribution in [3.8, 4) is 17.2 Å². The Bertz CT molecular complexity index is 1360. The Hall–Kier alpha value is -3.75. The summed E-state index contributed by atoms with van der Waals surface area (Å²) < 4.78 is 30.2. The van der Waals surface area contributed by atoms with Crippen LogP contribution in [0, 0.1) is 5.82 Å². The maximum Gasteiger partial charge on any atom is 0.191 e. The molecule has 35 heavy (non-hydrogen) atoms. The fourth-order valence-electron chi connectivity index (χ4n) is 3.85. The summed E-state index contributed by atoms with van der Waals surface area (Å²) in [7, 11) is 3.02. The van der Waals surface area contributed by atoms with E-state index in [1.165, 1.54) is 26.4 Å². The largest absolute Gasteiger partial charge is 0.497 e. The molecule has 4 rings (SSSR count). The highest BCUT2D eigenvalue weighted by atomic mass is 35.5. The van der Waals surface area contributed by atoms with Gasteiger partial charge in [-0.2, -0.15) is 0 Å². The van der Waals surface area contributed by atoms with Gasteiger partial charge in [-0.15, -0.1) is 0 Å². The van der Waals surface area contributed by atoms with Crippen molar-refractivity contribution in [2.24, 2.45) is 0 Å². The molecule has 182 valence electrons. The molecular weight excluding hydrogens is 475 g/mol. The number of methoxy groups -OCH3 is 2. The molecule has 1 atom stereocenters. The van der Waals surface area contributed by atoms with Crippen LogP contribution in [0.15, 0.2) is 60.8 Å². The van der Waals surface area contributed by atoms with E-state index in [4.69, 9.17) is 30.9 Å². The number of carbonyl (C=O) groups is 1. The fraction of sp³-hybridized carbons (Fsp3) is 0.192. The number of ether oxygens (including phenoxy) is 3. The summed E-state index contributed by atoms with van der Waals surface area (Å²) in [6.45, 7) is -0.0455. The Morgan fingerprint density at radius 1 is 1.09 bits per heavy atom. The SMILES string of the molecule is COc1cc(NC(C(=O)c2c[nH]c3cc(F)ccc23)c2ccc(Cl)cc2OC)cc(OCCO)c1. The molecule has 0 saturated heterocycles. The molecule has 0 aliphatic rings. The molecule has 0 spiro atoms. The number of hydrogen-bond donors (Lipinski definition) is 3. The van der Waals surface area contributed by atoms with Crippen LogP contribution in [0.3, 0.4) is 0 Å². The summed E-state index contributed by atoms with van der Waals surface area (Å²) in [5.74, 6) is 0.703. The number of aliphatic hydroxyl groups is 1. The molecule has 0 saturated carbocycles. The van der Waals surface area contributed by atoms with Crippen LogP contribution in [0.1, 0.15) is 22.0 Å². The first-order valence-electron chi connectivity index (χ1n) is 10.8. The third-order valence-electron chi connectivity index (χ3n) is 5.46. The second-order valence-corrected chi connectivity index (χ2v) is 8.13. The predicted molar refractivity (Wildman–Crippen MR) is 133 cm³/mol. The van der Waals surface area contributed by atoms with Gasteiger partial charge in [0.25, 0.3) is 0 Å². The molecule has 3 aromatic carbocycles. The van der Waals surface area contributed by atoms with Gasteiger partial charge < -0.3 is 29.6 Å². The third kappa shape index (κ3) is 5.34. The number of aliphatic hydroxyl groups excluding tert-OH is 1. The molecule has 9 heteroatoms. The van der Waals surface area contributed by atoms with E-state index in [2.05, 4.69) is 10.3 Å². The minimum atomic E-state index is -0.899. The quantitative estimate of drug-likeness (QED) is 0.254. The molecular formula is C26H24ClFN2O5. The van der Waals surface area contributed by atoms with Crippen LogP contribution in [0.5, 0.6) is 17.2 Å². The molecule has 0 fully saturated rings. The third-order valence-corrected chi connectivity index (χ3v) is 5.70. The molecule has 0 aliphatic heterocycles. The number of aromatic amines is 1. The summed E-state index contributed by atoms with van der Waals surface area (Å²) in [6, 6.07) is 13.4. The average molecular weight is 499 g/mol. The van der Waals surface area contributed by atoms with Crippen LogP contribution in [0.2, 0.25) is 5.02 Å². The van der Waals surface area contributed by atoms with Gasteiger partial charge in [-0.3, -0.25) is 4.79 Å². The number of carbonyl (C=O) groups excluding carboxylic acids is 1. The molecule has 4 aromatic rings. The lowest BCUT2D eigenvalue weighted by atomic mass is 9.95. The highest BCUT2D eigenvalue weighted by molar-refractivity contribution is 6.30. The molecule has 0 amide bonds. The van der Waals surface area contributed by atoms with Gasteiger partial charge in [0.2, 0.25) is 0 Å². The number of Topliss-reactive ketones (excluding diaryl/α,β-unsaturated/α-hetero) is 1. The Kier molecular flexibility index (Phi) is 7.43. The van der Waals surface area contributed by atoms with Crippen molar-refractivity contribution >= 4 is 34.0 Å². The number of halogens is 2. The van der Waals surface area contributed by atoms with Crippen LogP contribution in [0.25, 0.3) is 10.9 Å². The highest BCUT2D eigenvalue weighted by Crippen LogP contribution is 2.36. The summed E-state index contributed by atoms with van der Waals surface area (Å²) in [6.07, 6.45) is 1.56. The highest BCUT2D eigenvalue weighted by Gasteiger charge is 2.28. The normalized spacial score (nSPS) is 11.8. The number of ketones is 1. The Morgan fingerprint density at radius 3 is 2.63 bits per heavy atom. The zero-order chi connectivity index (χ0) is 24.9. The molecule has 1 aromatic heterocycles. The van der Waals surface area contributed by atoms with Gasteiger partial charge in [-0.25, -0.2) is 4.39 Å². The number of nitrogens with one attached hydrogen (secondary N) is 2. The summed E-state index contributed by atoms with van der Waals surface area (Å²) in [4.78, 5) is 16.9. The second-order valence-electron chi connectivity index (χ2n) is 7.69. The van der Waals surface area contributed by atoms with Crippen molar-refractivity contribution in [3.05, 3.63) is 82.8 Å². The lowest BCUT2D eigenvalue weighted by molar-refractivity contribution is 0.0970. The predicted octanol–water partition coefficient (Wildman–Crippen LogP) is 5.38. The van der Waals surface area contributed by atoms with E-state index >= 15 is 0 Å². The monoisotopic (exact) mass is 498 g/mol. The minimum Gasteiger partial charge on any atom is -0.497 e. The zero-order valence-corrected chi connectivity index (χ0v) is 19.9. The number of rotatable bonds is 10. The van der Waals surface area contributed by atoms with Crippen molar-refractivity contribution in [2.75, 3.05) is 32.8 Å². The van der Waals surface area contributed by atoms with Gasteiger partial charge >= 0.3 is 0 Å². The lowest BCUT2D eigenvalue weighted by Crippen LogP contribution is -2.22. The first-order chi connectivity index (χ1) is 16.9. The van der Waals surface area contributed by atoms with Crippen molar-refractivity contribution in [2.45, 2.75) is 6.04 Å². The molecule has 0 bridgehead atoms. The Balaban J connectivity index is 1.80. The summed E-state index contributed by atoms with van der Waals surface area (Å²) in [5.41, 5.74) is 1.99. The van der Waals surface area contributed by atoms with Crippen LogP contribution in [-0.4, -0.2) is 43.3 Å². The first kappa shape index (κ1) is 24.4. The Labute approximate surface area is 206 Å². The van der Waals surface area contributed by atoms with Gasteiger partial charge in [0.05, 0.1) is 20.8 Å². The van der Waals surface area contributed by atoms with Gasteiger partial charge in [0.15, 0.2) is 5.78 Å². The van der Waals surface area contributed by atoms with Crippen LogP contribution in [-0.2, 0) is 0 Å². The van der Waals surface area contributed by atoms with E-state index < -0.39 is 11.9 Å². The van der Waals surface area contributed by atoms with Crippen LogP contribution < -0.4 is 19.5 Å². The average Bonchev–Trinajstić information content (AvgIpc) is 3.28. The molecule has 0 aliphatic carbocycles. The van der Waals surface area contributed by atoms with Gasteiger partial charge in [0, 0.05) is 57.1 Å². The topological polar surface area (TPSA) is 92.8 Å². The molecule has 7 nitrogen and oxygen atoms in total. The lowest BCUT2D eigenvalue weighted by Gasteiger charge is -2.22. The maximum absolute atomic E-state index is 13.9. The van der Waals surface area contributed by atoms with Crippen molar-refractivity contribution in [1.29, 1.82) is 0 Å². The zero-order valence-electron chi connectivity index (χ0n) is 19.1. The molecule has 1 heterocycles. The molecule has 1 unspecified atom stereocenters. The van der Waals surface area contributed by atoms with Crippen molar-refractivity contribution in [1.82, 2.24) is 4.98 Å². The van der Waals surface area contributed by atoms with E-state index in [9.17, 15) is 9.18 Å². The molecule has 3 N–H and O–H groups in total.